The maximum absolute atomic E-state index is 5.33. The third-order valence-electron chi connectivity index (χ3n) is 3.00. The van der Waals surface area contributed by atoms with Crippen molar-refractivity contribution >= 4 is 29.9 Å². The van der Waals surface area contributed by atoms with E-state index in [4.69, 9.17) is 4.42 Å². The molecule has 0 spiro atoms. The lowest BCUT2D eigenvalue weighted by Gasteiger charge is -2.22. The van der Waals surface area contributed by atoms with Crippen molar-refractivity contribution in [1.29, 1.82) is 0 Å². The zero-order chi connectivity index (χ0) is 15.5. The van der Waals surface area contributed by atoms with E-state index in [9.17, 15) is 0 Å². The number of allylic oxidation sites excluding steroid dienone is 1. The van der Waals surface area contributed by atoms with Crippen molar-refractivity contribution in [3.8, 4) is 0 Å². The van der Waals surface area contributed by atoms with E-state index in [1.165, 1.54) is 0 Å². The Morgan fingerprint density at radius 1 is 1.50 bits per heavy atom. The molecule has 124 valence electrons. The van der Waals surface area contributed by atoms with E-state index >= 15 is 0 Å². The first kappa shape index (κ1) is 20.8. The smallest absolute Gasteiger partial charge is 0.193 e. The molecule has 4 nitrogen and oxygen atoms in total. The predicted octanol–water partition coefficient (Wildman–Crippen LogP) is 3.86. The van der Waals surface area contributed by atoms with Crippen LogP contribution in [0.25, 0.3) is 0 Å². The first-order valence-corrected chi connectivity index (χ1v) is 7.40. The van der Waals surface area contributed by atoms with Crippen LogP contribution in [0.5, 0.6) is 0 Å². The van der Waals surface area contributed by atoms with Gasteiger partial charge in [-0.15, -0.1) is 30.6 Å². The monoisotopic (exact) mass is 417 g/mol. The lowest BCUT2D eigenvalue weighted by atomic mass is 10.3. The number of nitrogens with one attached hydrogen (secondary N) is 1. The van der Waals surface area contributed by atoms with E-state index in [-0.39, 0.29) is 24.0 Å². The Labute approximate surface area is 151 Å². The molecule has 0 aliphatic heterocycles. The van der Waals surface area contributed by atoms with Crippen LogP contribution in [0.15, 0.2) is 52.6 Å². The van der Waals surface area contributed by atoms with Crippen molar-refractivity contribution in [2.45, 2.75) is 26.2 Å². The van der Waals surface area contributed by atoms with Gasteiger partial charge in [-0.2, -0.15) is 0 Å². The lowest BCUT2D eigenvalue weighted by Crippen LogP contribution is -2.40. The summed E-state index contributed by atoms with van der Waals surface area (Å²) in [5.41, 5.74) is 1.06. The van der Waals surface area contributed by atoms with Gasteiger partial charge < -0.3 is 14.6 Å². The van der Waals surface area contributed by atoms with Crippen molar-refractivity contribution in [3.63, 3.8) is 0 Å². The second kappa shape index (κ2) is 12.3. The number of halogens is 1. The van der Waals surface area contributed by atoms with Crippen LogP contribution in [0.4, 0.5) is 0 Å². The van der Waals surface area contributed by atoms with Crippen LogP contribution in [0.2, 0.25) is 0 Å². The van der Waals surface area contributed by atoms with Crippen LogP contribution >= 0.6 is 24.0 Å². The van der Waals surface area contributed by atoms with Crippen LogP contribution in [-0.4, -0.2) is 37.5 Å². The number of guanidine groups is 1. The van der Waals surface area contributed by atoms with Crippen LogP contribution < -0.4 is 5.32 Å². The molecule has 1 aromatic rings. The summed E-state index contributed by atoms with van der Waals surface area (Å²) in [6, 6.07) is 3.90. The van der Waals surface area contributed by atoms with E-state index in [0.717, 1.165) is 49.6 Å². The molecule has 1 heterocycles. The number of rotatable bonds is 9. The molecule has 0 radical (unpaired) electrons. The molecule has 22 heavy (non-hydrogen) atoms. The Bertz CT molecular complexity index is 454. The minimum absolute atomic E-state index is 0. The maximum atomic E-state index is 5.33. The minimum atomic E-state index is 0. The predicted molar refractivity (Wildman–Crippen MR) is 105 cm³/mol. The normalized spacial score (nSPS) is 10.7. The zero-order valence-corrected chi connectivity index (χ0v) is 16.0. The largest absolute Gasteiger partial charge is 0.469 e. The topological polar surface area (TPSA) is 40.8 Å². The molecule has 0 unspecified atom stereocenters. The third-order valence-corrected chi connectivity index (χ3v) is 3.00. The molecular formula is C17H28IN3O. The van der Waals surface area contributed by atoms with Gasteiger partial charge >= 0.3 is 0 Å². The number of unbranched alkanes of at least 4 members (excludes halogenated alkanes) is 1. The van der Waals surface area contributed by atoms with Gasteiger partial charge in [0.25, 0.3) is 0 Å². The molecule has 0 fully saturated rings. The van der Waals surface area contributed by atoms with E-state index in [1.807, 2.05) is 25.1 Å². The van der Waals surface area contributed by atoms with Gasteiger partial charge in [0.1, 0.15) is 5.76 Å². The molecular weight excluding hydrogens is 389 g/mol. The SMILES string of the molecule is C=CCCCN(C)C(=NCC(=C)C)NCCc1ccco1.I. The first-order valence-electron chi connectivity index (χ1n) is 7.40. The van der Waals surface area contributed by atoms with Crippen molar-refractivity contribution < 1.29 is 4.42 Å². The molecule has 0 bridgehead atoms. The van der Waals surface area contributed by atoms with Crippen molar-refractivity contribution in [2.24, 2.45) is 4.99 Å². The molecule has 0 aliphatic rings. The van der Waals surface area contributed by atoms with Gasteiger partial charge in [0.2, 0.25) is 0 Å². The molecule has 0 saturated heterocycles. The highest BCUT2D eigenvalue weighted by atomic mass is 127. The number of hydrogen-bond donors (Lipinski definition) is 1. The summed E-state index contributed by atoms with van der Waals surface area (Å²) in [6.07, 6.45) is 6.59. The maximum Gasteiger partial charge on any atom is 0.193 e. The quantitative estimate of drug-likeness (QED) is 0.218. The van der Waals surface area contributed by atoms with Crippen molar-refractivity contribution in [3.05, 3.63) is 49.0 Å². The van der Waals surface area contributed by atoms with Gasteiger partial charge in [0.15, 0.2) is 5.96 Å². The highest BCUT2D eigenvalue weighted by Crippen LogP contribution is 2.00. The Morgan fingerprint density at radius 2 is 2.27 bits per heavy atom. The third kappa shape index (κ3) is 8.92. The van der Waals surface area contributed by atoms with Gasteiger partial charge in [-0.25, -0.2) is 4.99 Å². The van der Waals surface area contributed by atoms with Crippen LogP contribution in [0.1, 0.15) is 25.5 Å². The number of aliphatic imine (C=N–C) groups is 1. The number of furan rings is 1. The van der Waals surface area contributed by atoms with E-state index in [1.54, 1.807) is 6.26 Å². The Kier molecular flexibility index (Phi) is 11.6. The Hall–Kier alpha value is -1.24. The highest BCUT2D eigenvalue weighted by Gasteiger charge is 2.06. The van der Waals surface area contributed by atoms with Gasteiger partial charge in [-0.3, -0.25) is 0 Å². The van der Waals surface area contributed by atoms with Crippen LogP contribution in [0, 0.1) is 0 Å². The second-order valence-corrected chi connectivity index (χ2v) is 5.21. The summed E-state index contributed by atoms with van der Waals surface area (Å²) < 4.78 is 5.33. The van der Waals surface area contributed by atoms with Gasteiger partial charge in [0, 0.05) is 26.6 Å². The zero-order valence-electron chi connectivity index (χ0n) is 13.7. The van der Waals surface area contributed by atoms with E-state index in [2.05, 4.69) is 35.4 Å². The average Bonchev–Trinajstić information content (AvgIpc) is 2.95. The molecule has 0 amide bonds. The molecule has 1 N–H and O–H groups in total. The van der Waals surface area contributed by atoms with Crippen LogP contribution in [0.3, 0.4) is 0 Å². The molecule has 0 atom stereocenters. The summed E-state index contributed by atoms with van der Waals surface area (Å²) in [5, 5.41) is 3.39. The fourth-order valence-corrected chi connectivity index (χ4v) is 1.85. The van der Waals surface area contributed by atoms with E-state index in [0.29, 0.717) is 6.54 Å². The van der Waals surface area contributed by atoms with Gasteiger partial charge in [-0.1, -0.05) is 18.2 Å². The van der Waals surface area contributed by atoms with Gasteiger partial charge in [-0.05, 0) is 31.9 Å². The Balaban J connectivity index is 0.00000441. The van der Waals surface area contributed by atoms with Gasteiger partial charge in [0.05, 0.1) is 12.8 Å². The fourth-order valence-electron chi connectivity index (χ4n) is 1.85. The molecule has 0 aromatic carbocycles. The molecule has 0 aliphatic carbocycles. The van der Waals surface area contributed by atoms with Crippen molar-refractivity contribution in [2.75, 3.05) is 26.7 Å². The second-order valence-electron chi connectivity index (χ2n) is 5.21. The standard InChI is InChI=1S/C17H27N3O.HI/c1-5-6-7-12-20(4)17(19-14-15(2)3)18-11-10-16-9-8-13-21-16;/h5,8-9,13H,1-2,6-7,10-12,14H2,3-4H3,(H,18,19);1H. The van der Waals surface area contributed by atoms with Crippen LogP contribution in [-0.2, 0) is 6.42 Å². The molecule has 5 heteroatoms. The summed E-state index contributed by atoms with van der Waals surface area (Å²) in [4.78, 5) is 6.74. The lowest BCUT2D eigenvalue weighted by molar-refractivity contribution is 0.464. The number of hydrogen-bond acceptors (Lipinski definition) is 2. The summed E-state index contributed by atoms with van der Waals surface area (Å²) in [6.45, 7) is 12.0. The Morgan fingerprint density at radius 3 is 2.86 bits per heavy atom. The highest BCUT2D eigenvalue weighted by molar-refractivity contribution is 14.0. The van der Waals surface area contributed by atoms with E-state index < -0.39 is 0 Å². The average molecular weight is 417 g/mol. The summed E-state index contributed by atoms with van der Waals surface area (Å²) in [7, 11) is 2.06. The first-order chi connectivity index (χ1) is 10.1. The minimum Gasteiger partial charge on any atom is -0.469 e. The van der Waals surface area contributed by atoms with Crippen molar-refractivity contribution in [1.82, 2.24) is 10.2 Å². The molecule has 0 saturated carbocycles. The molecule has 1 aromatic heterocycles. The fraction of sp³-hybridized carbons (Fsp3) is 0.471. The summed E-state index contributed by atoms with van der Waals surface area (Å²) >= 11 is 0. The number of nitrogens with zero attached hydrogens (tertiary/aromatic N) is 2. The summed E-state index contributed by atoms with van der Waals surface area (Å²) in [5.74, 6) is 1.89. The molecule has 1 rings (SSSR count).